The Hall–Kier alpha value is -4.04. The number of benzene rings is 2. The van der Waals surface area contributed by atoms with Crippen molar-refractivity contribution >= 4 is 23.4 Å². The lowest BCUT2D eigenvalue weighted by Gasteiger charge is -2.20. The number of pyridine rings is 1. The average Bonchev–Trinajstić information content (AvgIpc) is 3.38. The fraction of sp³-hybridized carbons (Fsp3) is 0.125. The first-order valence-electron chi connectivity index (χ1n) is 10.3. The van der Waals surface area contributed by atoms with Crippen molar-refractivity contribution in [2.75, 3.05) is 0 Å². The quantitative estimate of drug-likeness (QED) is 0.419. The molecular formula is C24H21ClN6O2. The Morgan fingerprint density at radius 2 is 1.79 bits per heavy atom. The van der Waals surface area contributed by atoms with E-state index in [0.29, 0.717) is 16.4 Å². The van der Waals surface area contributed by atoms with Crippen molar-refractivity contribution in [3.63, 3.8) is 0 Å². The molecule has 0 spiro atoms. The Morgan fingerprint density at radius 3 is 2.55 bits per heavy atom. The van der Waals surface area contributed by atoms with Gasteiger partial charge in [0.1, 0.15) is 12.7 Å². The maximum absolute atomic E-state index is 12.8. The summed E-state index contributed by atoms with van der Waals surface area (Å²) in [6.07, 6.45) is 4.67. The predicted molar refractivity (Wildman–Crippen MR) is 124 cm³/mol. The molecule has 1 unspecified atom stereocenters. The highest BCUT2D eigenvalue weighted by Gasteiger charge is 2.20. The molecule has 0 radical (unpaired) electrons. The van der Waals surface area contributed by atoms with Gasteiger partial charge in [-0.25, -0.2) is 14.6 Å². The van der Waals surface area contributed by atoms with Crippen LogP contribution in [-0.4, -0.2) is 31.6 Å². The molecule has 33 heavy (non-hydrogen) atoms. The van der Waals surface area contributed by atoms with Crippen LogP contribution in [0, 0.1) is 0 Å². The molecule has 0 saturated heterocycles. The zero-order valence-electron chi connectivity index (χ0n) is 17.6. The van der Waals surface area contributed by atoms with Crippen molar-refractivity contribution in [3.8, 4) is 5.82 Å². The van der Waals surface area contributed by atoms with E-state index in [2.05, 4.69) is 25.7 Å². The number of carbonyl (C=O) groups excluding carboxylic acids is 2. The Balaban J connectivity index is 1.46. The second-order valence-electron chi connectivity index (χ2n) is 7.22. The molecule has 9 heteroatoms. The lowest BCUT2D eigenvalue weighted by atomic mass is 10.0. The largest absolute Gasteiger partial charge is 0.352 e. The maximum atomic E-state index is 12.8. The first-order valence-corrected chi connectivity index (χ1v) is 10.7. The normalized spacial score (nSPS) is 11.5. The molecule has 4 rings (SSSR count). The Morgan fingerprint density at radius 1 is 1.00 bits per heavy atom. The summed E-state index contributed by atoms with van der Waals surface area (Å²) < 4.78 is 1.54. The molecule has 8 nitrogen and oxygen atoms in total. The third-order valence-electron chi connectivity index (χ3n) is 4.99. The summed E-state index contributed by atoms with van der Waals surface area (Å²) in [5, 5.41) is 10.3. The van der Waals surface area contributed by atoms with Gasteiger partial charge in [0, 0.05) is 18.3 Å². The fourth-order valence-electron chi connectivity index (χ4n) is 3.36. The summed E-state index contributed by atoms with van der Waals surface area (Å²) in [5.41, 5.74) is 1.96. The molecule has 166 valence electrons. The number of rotatable bonds is 8. The van der Waals surface area contributed by atoms with Crippen LogP contribution < -0.4 is 10.6 Å². The average molecular weight is 461 g/mol. The van der Waals surface area contributed by atoms with E-state index in [1.54, 1.807) is 42.9 Å². The van der Waals surface area contributed by atoms with Gasteiger partial charge in [0.15, 0.2) is 5.82 Å². The number of hydrogen-bond donors (Lipinski definition) is 2. The van der Waals surface area contributed by atoms with Crippen LogP contribution in [-0.2, 0) is 11.3 Å². The molecule has 0 aliphatic carbocycles. The second-order valence-corrected chi connectivity index (χ2v) is 7.63. The minimum absolute atomic E-state index is 0.0547. The highest BCUT2D eigenvalue weighted by molar-refractivity contribution is 6.33. The molecule has 0 bridgehead atoms. The monoisotopic (exact) mass is 460 g/mol. The molecule has 0 fully saturated rings. The second kappa shape index (κ2) is 10.5. The van der Waals surface area contributed by atoms with Gasteiger partial charge in [-0.2, -0.15) is 5.10 Å². The van der Waals surface area contributed by atoms with Crippen LogP contribution in [0.2, 0.25) is 5.02 Å². The topological polar surface area (TPSA) is 102 Å². The van der Waals surface area contributed by atoms with Gasteiger partial charge in [-0.15, -0.1) is 0 Å². The first kappa shape index (κ1) is 22.2. The molecule has 2 aromatic carbocycles. The van der Waals surface area contributed by atoms with E-state index >= 15 is 0 Å². The SMILES string of the molecule is O=C(CC(NC(=O)c1ccccc1Cl)c1ccccc1)NCc1cccnc1-n1cncn1. The Labute approximate surface area is 195 Å². The van der Waals surface area contributed by atoms with Crippen molar-refractivity contribution in [1.82, 2.24) is 30.4 Å². The molecule has 0 saturated carbocycles. The summed E-state index contributed by atoms with van der Waals surface area (Å²) in [7, 11) is 0. The highest BCUT2D eigenvalue weighted by atomic mass is 35.5. The standard InChI is InChI=1S/C24H21ClN6O2/c25-20-11-5-4-10-19(20)24(33)30-21(17-7-2-1-3-8-17)13-22(32)28-14-18-9-6-12-27-23(18)31-16-26-15-29-31/h1-12,15-16,21H,13-14H2,(H,28,32)(H,30,33). The van der Waals surface area contributed by atoms with E-state index in [1.807, 2.05) is 36.4 Å². The van der Waals surface area contributed by atoms with Gasteiger partial charge in [0.05, 0.1) is 23.0 Å². The van der Waals surface area contributed by atoms with Crippen molar-refractivity contribution in [2.24, 2.45) is 0 Å². The molecule has 2 N–H and O–H groups in total. The van der Waals surface area contributed by atoms with E-state index in [1.165, 1.54) is 11.0 Å². The third kappa shape index (κ3) is 5.61. The highest BCUT2D eigenvalue weighted by Crippen LogP contribution is 2.20. The van der Waals surface area contributed by atoms with Gasteiger partial charge >= 0.3 is 0 Å². The van der Waals surface area contributed by atoms with Gasteiger partial charge < -0.3 is 10.6 Å². The summed E-state index contributed by atoms with van der Waals surface area (Å²) in [4.78, 5) is 33.9. The molecule has 0 aliphatic heterocycles. The van der Waals surface area contributed by atoms with E-state index in [9.17, 15) is 9.59 Å². The molecule has 0 aliphatic rings. The van der Waals surface area contributed by atoms with Crippen LogP contribution in [0.25, 0.3) is 5.82 Å². The van der Waals surface area contributed by atoms with Gasteiger partial charge in [-0.05, 0) is 23.8 Å². The van der Waals surface area contributed by atoms with Gasteiger partial charge in [-0.3, -0.25) is 9.59 Å². The summed E-state index contributed by atoms with van der Waals surface area (Å²) in [6.45, 7) is 0.252. The Kier molecular flexibility index (Phi) is 7.06. The number of nitrogens with one attached hydrogen (secondary N) is 2. The molecule has 2 amide bonds. The molecule has 1 atom stereocenters. The van der Waals surface area contributed by atoms with Gasteiger partial charge in [-0.1, -0.05) is 60.1 Å². The van der Waals surface area contributed by atoms with Crippen molar-refractivity contribution < 1.29 is 9.59 Å². The lowest BCUT2D eigenvalue weighted by molar-refractivity contribution is -0.121. The molecular weight excluding hydrogens is 440 g/mol. The van der Waals surface area contributed by atoms with Crippen molar-refractivity contribution in [1.29, 1.82) is 0 Å². The van der Waals surface area contributed by atoms with Crippen molar-refractivity contribution in [2.45, 2.75) is 19.0 Å². The summed E-state index contributed by atoms with van der Waals surface area (Å²) in [5.74, 6) is 0.0154. The minimum Gasteiger partial charge on any atom is -0.352 e. The number of carbonyl (C=O) groups is 2. The van der Waals surface area contributed by atoms with Crippen LogP contribution in [0.5, 0.6) is 0 Å². The predicted octanol–water partition coefficient (Wildman–Crippen LogP) is 3.49. The van der Waals surface area contributed by atoms with E-state index in [4.69, 9.17) is 11.6 Å². The molecule has 4 aromatic rings. The maximum Gasteiger partial charge on any atom is 0.253 e. The van der Waals surface area contributed by atoms with Gasteiger partial charge in [0.25, 0.3) is 5.91 Å². The van der Waals surface area contributed by atoms with Gasteiger partial charge in [0.2, 0.25) is 5.91 Å². The van der Waals surface area contributed by atoms with Crippen LogP contribution in [0.4, 0.5) is 0 Å². The number of halogens is 1. The van der Waals surface area contributed by atoms with Crippen LogP contribution >= 0.6 is 11.6 Å². The van der Waals surface area contributed by atoms with Crippen molar-refractivity contribution in [3.05, 3.63) is 107 Å². The number of amides is 2. The number of aromatic nitrogens is 4. The fourth-order valence-corrected chi connectivity index (χ4v) is 3.58. The van der Waals surface area contributed by atoms with Crippen LogP contribution in [0.15, 0.2) is 85.6 Å². The van der Waals surface area contributed by atoms with E-state index in [0.717, 1.165) is 11.1 Å². The molecule has 2 heterocycles. The van der Waals surface area contributed by atoms with E-state index < -0.39 is 6.04 Å². The number of hydrogen-bond acceptors (Lipinski definition) is 5. The zero-order chi connectivity index (χ0) is 23.0. The first-order chi connectivity index (χ1) is 16.1. The van der Waals surface area contributed by atoms with Crippen LogP contribution in [0.3, 0.4) is 0 Å². The minimum atomic E-state index is -0.529. The van der Waals surface area contributed by atoms with Crippen LogP contribution in [0.1, 0.15) is 33.9 Å². The number of nitrogens with zero attached hydrogens (tertiary/aromatic N) is 4. The zero-order valence-corrected chi connectivity index (χ0v) is 18.3. The summed E-state index contributed by atoms with van der Waals surface area (Å²) in [6, 6.07) is 19.3. The molecule has 2 aromatic heterocycles. The van der Waals surface area contributed by atoms with E-state index in [-0.39, 0.29) is 24.8 Å². The smallest absolute Gasteiger partial charge is 0.253 e. The summed E-state index contributed by atoms with van der Waals surface area (Å²) >= 11 is 6.17. The Bertz CT molecular complexity index is 1230. The lowest BCUT2D eigenvalue weighted by Crippen LogP contribution is -2.34. The third-order valence-corrected chi connectivity index (χ3v) is 5.32.